The summed E-state index contributed by atoms with van der Waals surface area (Å²) >= 11 is 5.89. The van der Waals surface area contributed by atoms with Crippen LogP contribution in [0, 0.1) is 0 Å². The van der Waals surface area contributed by atoms with Crippen molar-refractivity contribution in [2.75, 3.05) is 7.05 Å². The minimum atomic E-state index is 0.870. The Morgan fingerprint density at radius 3 is 2.82 bits per heavy atom. The van der Waals surface area contributed by atoms with Gasteiger partial charge in [-0.05, 0) is 31.4 Å². The highest BCUT2D eigenvalue weighted by atomic mass is 35.5. The molecule has 0 aliphatic heterocycles. The second-order valence-corrected chi connectivity index (χ2v) is 3.13. The van der Waals surface area contributed by atoms with E-state index in [0.29, 0.717) is 0 Å². The zero-order valence-corrected chi connectivity index (χ0v) is 7.65. The van der Waals surface area contributed by atoms with Crippen molar-refractivity contribution in [1.29, 1.82) is 0 Å². The first-order valence-corrected chi connectivity index (χ1v) is 4.12. The van der Waals surface area contributed by atoms with E-state index in [-0.39, 0.29) is 0 Å². The van der Waals surface area contributed by atoms with Crippen LogP contribution < -0.4 is 0 Å². The number of rotatable bonds is 0. The Morgan fingerprint density at radius 2 is 2.36 bits per heavy atom. The molecule has 0 N–H and O–H groups in total. The number of aliphatic imine (C=N–C) groups is 1. The lowest BCUT2D eigenvalue weighted by atomic mass is 9.99. The molecule has 0 aromatic rings. The molecule has 1 rings (SSSR count). The van der Waals surface area contributed by atoms with Crippen LogP contribution in [0.25, 0.3) is 0 Å². The van der Waals surface area contributed by atoms with Crippen LogP contribution in [0.2, 0.25) is 0 Å². The van der Waals surface area contributed by atoms with Crippen molar-refractivity contribution in [2.45, 2.75) is 19.8 Å². The topological polar surface area (TPSA) is 12.4 Å². The van der Waals surface area contributed by atoms with Crippen LogP contribution in [-0.4, -0.2) is 12.8 Å². The highest BCUT2D eigenvalue weighted by molar-refractivity contribution is 6.32. The number of hydrogen-bond donors (Lipinski definition) is 0. The van der Waals surface area contributed by atoms with Gasteiger partial charge in [0.05, 0.1) is 5.71 Å². The number of halogens is 1. The Morgan fingerprint density at radius 1 is 1.64 bits per heavy atom. The Bertz CT molecular complexity index is 232. The van der Waals surface area contributed by atoms with Crippen molar-refractivity contribution >= 4 is 17.3 Å². The molecule has 0 aromatic carbocycles. The third-order valence-corrected chi connectivity index (χ3v) is 2.03. The van der Waals surface area contributed by atoms with Crippen LogP contribution in [0.5, 0.6) is 0 Å². The van der Waals surface area contributed by atoms with Gasteiger partial charge in [-0.15, -0.1) is 0 Å². The Kier molecular flexibility index (Phi) is 2.89. The standard InChI is InChI=1S/C9H12ClN/c1-7(10)8-5-3-4-6-9(8)11-2/h4,6H,3,5H2,1-2H3/b8-7+,11-9?. The molecule has 0 radical (unpaired) electrons. The van der Waals surface area contributed by atoms with Crippen LogP contribution in [0.4, 0.5) is 0 Å². The summed E-state index contributed by atoms with van der Waals surface area (Å²) in [6, 6.07) is 0. The van der Waals surface area contributed by atoms with Gasteiger partial charge in [0.2, 0.25) is 0 Å². The summed E-state index contributed by atoms with van der Waals surface area (Å²) < 4.78 is 0. The summed E-state index contributed by atoms with van der Waals surface area (Å²) in [5.41, 5.74) is 2.22. The smallest absolute Gasteiger partial charge is 0.0611 e. The molecule has 60 valence electrons. The lowest BCUT2D eigenvalue weighted by Crippen LogP contribution is -2.04. The molecule has 1 aliphatic rings. The Hall–Kier alpha value is -0.560. The summed E-state index contributed by atoms with van der Waals surface area (Å²) in [6.07, 6.45) is 6.27. The summed E-state index contributed by atoms with van der Waals surface area (Å²) in [7, 11) is 1.80. The molecular formula is C9H12ClN. The molecule has 0 fully saturated rings. The van der Waals surface area contributed by atoms with E-state index in [1.54, 1.807) is 7.05 Å². The first-order chi connectivity index (χ1) is 5.25. The fourth-order valence-corrected chi connectivity index (χ4v) is 1.40. The minimum absolute atomic E-state index is 0.870. The van der Waals surface area contributed by atoms with Crippen molar-refractivity contribution in [1.82, 2.24) is 0 Å². The Labute approximate surface area is 72.5 Å². The first-order valence-electron chi connectivity index (χ1n) is 3.74. The highest BCUT2D eigenvalue weighted by Crippen LogP contribution is 2.20. The molecule has 0 spiro atoms. The maximum Gasteiger partial charge on any atom is 0.0611 e. The summed E-state index contributed by atoms with van der Waals surface area (Å²) in [5, 5.41) is 0.870. The number of nitrogens with zero attached hydrogens (tertiary/aromatic N) is 1. The average Bonchev–Trinajstić information content (AvgIpc) is 2.04. The quantitative estimate of drug-likeness (QED) is 0.529. The Balaban J connectivity index is 2.99. The van der Waals surface area contributed by atoms with Crippen molar-refractivity contribution in [3.05, 3.63) is 22.8 Å². The zero-order chi connectivity index (χ0) is 8.27. The molecule has 0 saturated carbocycles. The fourth-order valence-electron chi connectivity index (χ4n) is 1.21. The SMILES string of the molecule is CN=C1C=CCC/C1=C(/C)Cl. The molecule has 1 aliphatic carbocycles. The van der Waals surface area contributed by atoms with Gasteiger partial charge in [-0.1, -0.05) is 17.7 Å². The van der Waals surface area contributed by atoms with Gasteiger partial charge in [-0.2, -0.15) is 0 Å². The van der Waals surface area contributed by atoms with Gasteiger partial charge < -0.3 is 0 Å². The van der Waals surface area contributed by atoms with Crippen LogP contribution in [0.15, 0.2) is 27.7 Å². The lowest BCUT2D eigenvalue weighted by Gasteiger charge is -2.11. The monoisotopic (exact) mass is 169 g/mol. The van der Waals surface area contributed by atoms with E-state index in [4.69, 9.17) is 11.6 Å². The van der Waals surface area contributed by atoms with Gasteiger partial charge in [0.1, 0.15) is 0 Å². The van der Waals surface area contributed by atoms with Crippen molar-refractivity contribution in [3.8, 4) is 0 Å². The van der Waals surface area contributed by atoms with Crippen LogP contribution in [-0.2, 0) is 0 Å². The molecule has 1 nitrogen and oxygen atoms in total. The summed E-state index contributed by atoms with van der Waals surface area (Å²) in [5.74, 6) is 0. The minimum Gasteiger partial charge on any atom is -0.288 e. The molecule has 0 aromatic heterocycles. The van der Waals surface area contributed by atoms with Gasteiger partial charge in [-0.3, -0.25) is 4.99 Å². The van der Waals surface area contributed by atoms with Crippen molar-refractivity contribution in [2.24, 2.45) is 4.99 Å². The molecule has 0 atom stereocenters. The predicted octanol–water partition coefficient (Wildman–Crippen LogP) is 2.92. The third kappa shape index (κ3) is 1.93. The second-order valence-electron chi connectivity index (χ2n) is 2.56. The second kappa shape index (κ2) is 3.72. The van der Waals surface area contributed by atoms with Gasteiger partial charge in [-0.25, -0.2) is 0 Å². The van der Waals surface area contributed by atoms with Gasteiger partial charge >= 0.3 is 0 Å². The lowest BCUT2D eigenvalue weighted by molar-refractivity contribution is 0.997. The summed E-state index contributed by atoms with van der Waals surface area (Å²) in [4.78, 5) is 4.14. The highest BCUT2D eigenvalue weighted by Gasteiger charge is 2.09. The molecule has 0 bridgehead atoms. The maximum absolute atomic E-state index is 5.89. The molecule has 11 heavy (non-hydrogen) atoms. The fraction of sp³-hybridized carbons (Fsp3) is 0.444. The largest absolute Gasteiger partial charge is 0.288 e. The van der Waals surface area contributed by atoms with E-state index in [9.17, 15) is 0 Å². The molecular weight excluding hydrogens is 158 g/mol. The van der Waals surface area contributed by atoms with Crippen molar-refractivity contribution in [3.63, 3.8) is 0 Å². The molecule has 0 heterocycles. The normalized spacial score (nSPS) is 25.9. The van der Waals surface area contributed by atoms with Crippen LogP contribution >= 0.6 is 11.6 Å². The zero-order valence-electron chi connectivity index (χ0n) is 6.89. The van der Waals surface area contributed by atoms with E-state index in [1.807, 2.05) is 13.0 Å². The molecule has 0 saturated heterocycles. The maximum atomic E-state index is 5.89. The third-order valence-electron chi connectivity index (χ3n) is 1.80. The van der Waals surface area contributed by atoms with Gasteiger partial charge in [0, 0.05) is 12.1 Å². The van der Waals surface area contributed by atoms with E-state index in [2.05, 4.69) is 11.1 Å². The molecule has 0 amide bonds. The van der Waals surface area contributed by atoms with E-state index in [0.717, 1.165) is 23.6 Å². The molecule has 2 heteroatoms. The first kappa shape index (κ1) is 8.54. The number of hydrogen-bond acceptors (Lipinski definition) is 1. The molecule has 0 unspecified atom stereocenters. The van der Waals surface area contributed by atoms with Crippen LogP contribution in [0.3, 0.4) is 0 Å². The predicted molar refractivity (Wildman–Crippen MR) is 50.3 cm³/mol. The van der Waals surface area contributed by atoms with E-state index in [1.165, 1.54) is 5.57 Å². The van der Waals surface area contributed by atoms with E-state index >= 15 is 0 Å². The average molecular weight is 170 g/mol. The van der Waals surface area contributed by atoms with Crippen molar-refractivity contribution < 1.29 is 0 Å². The van der Waals surface area contributed by atoms with E-state index < -0.39 is 0 Å². The number of allylic oxidation sites excluding steroid dienone is 4. The van der Waals surface area contributed by atoms with Gasteiger partial charge in [0.15, 0.2) is 0 Å². The van der Waals surface area contributed by atoms with Crippen LogP contribution in [0.1, 0.15) is 19.8 Å². The van der Waals surface area contributed by atoms with Gasteiger partial charge in [0.25, 0.3) is 0 Å². The summed E-state index contributed by atoms with van der Waals surface area (Å²) in [6.45, 7) is 1.92.